The first-order valence-corrected chi connectivity index (χ1v) is 10.3. The molecule has 0 bridgehead atoms. The van der Waals surface area contributed by atoms with Gasteiger partial charge in [0.15, 0.2) is 5.78 Å². The van der Waals surface area contributed by atoms with Gasteiger partial charge in [-0.2, -0.15) is 0 Å². The highest BCUT2D eigenvalue weighted by Gasteiger charge is 2.18. The van der Waals surface area contributed by atoms with E-state index < -0.39 is 11.1 Å². The van der Waals surface area contributed by atoms with E-state index in [1.54, 1.807) is 30.3 Å². The van der Waals surface area contributed by atoms with Crippen molar-refractivity contribution >= 4 is 51.4 Å². The summed E-state index contributed by atoms with van der Waals surface area (Å²) in [5.41, 5.74) is 0.369. The number of carbonyl (C=O) groups excluding carboxylic acids is 1. The molecule has 0 amide bonds. The van der Waals surface area contributed by atoms with Crippen LogP contribution in [0.15, 0.2) is 70.3 Å². The second-order valence-corrected chi connectivity index (χ2v) is 8.58. The van der Waals surface area contributed by atoms with Crippen LogP contribution in [0.2, 0.25) is 9.36 Å². The molecule has 0 spiro atoms. The van der Waals surface area contributed by atoms with E-state index in [0.29, 0.717) is 25.3 Å². The van der Waals surface area contributed by atoms with Crippen molar-refractivity contribution < 1.29 is 4.79 Å². The fourth-order valence-electron chi connectivity index (χ4n) is 3.16. The number of fused-ring (bicyclic) bond motifs is 1. The zero-order valence-electron chi connectivity index (χ0n) is 15.0. The van der Waals surface area contributed by atoms with Gasteiger partial charge in [0.2, 0.25) is 0 Å². The Morgan fingerprint density at radius 1 is 0.862 bits per heavy atom. The van der Waals surface area contributed by atoms with E-state index in [4.69, 9.17) is 23.2 Å². The number of carbonyl (C=O) groups is 1. The summed E-state index contributed by atoms with van der Waals surface area (Å²) in [4.78, 5) is 38.8. The van der Waals surface area contributed by atoms with Crippen molar-refractivity contribution in [3.8, 4) is 0 Å². The molecule has 0 atom stereocenters. The minimum atomic E-state index is -0.772. The third kappa shape index (κ3) is 3.92. The molecule has 5 nitrogen and oxygen atoms in total. The van der Waals surface area contributed by atoms with E-state index in [-0.39, 0.29) is 18.9 Å². The van der Waals surface area contributed by atoms with Crippen molar-refractivity contribution in [3.63, 3.8) is 0 Å². The van der Waals surface area contributed by atoms with Gasteiger partial charge in [0.25, 0.3) is 0 Å². The van der Waals surface area contributed by atoms with Gasteiger partial charge in [0.05, 0.1) is 33.3 Å². The molecule has 0 aliphatic carbocycles. The predicted octanol–water partition coefficient (Wildman–Crippen LogP) is 4.46. The molecule has 0 saturated carbocycles. The largest absolute Gasteiger partial charge is 0.317 e. The van der Waals surface area contributed by atoms with Crippen molar-refractivity contribution in [1.82, 2.24) is 9.13 Å². The lowest BCUT2D eigenvalue weighted by atomic mass is 10.2. The normalized spacial score (nSPS) is 11.1. The fourth-order valence-corrected chi connectivity index (χ4v) is 4.30. The van der Waals surface area contributed by atoms with Crippen LogP contribution in [0, 0.1) is 0 Å². The molecular weight excluding hydrogens is 431 g/mol. The Labute approximate surface area is 179 Å². The highest BCUT2D eigenvalue weighted by Crippen LogP contribution is 2.23. The van der Waals surface area contributed by atoms with Gasteiger partial charge >= 0.3 is 11.1 Å². The van der Waals surface area contributed by atoms with Crippen LogP contribution < -0.4 is 11.1 Å². The summed E-state index contributed by atoms with van der Waals surface area (Å²) in [5, 5.41) is 0.405. The highest BCUT2D eigenvalue weighted by molar-refractivity contribution is 7.18. The maximum Gasteiger partial charge on any atom is 0.317 e. The molecule has 8 heteroatoms. The molecule has 29 heavy (non-hydrogen) atoms. The molecule has 0 radical (unpaired) electrons. The van der Waals surface area contributed by atoms with Gasteiger partial charge < -0.3 is 0 Å². The number of hydrogen-bond donors (Lipinski definition) is 0. The number of benzene rings is 2. The van der Waals surface area contributed by atoms with Crippen molar-refractivity contribution in [1.29, 1.82) is 0 Å². The Kier molecular flexibility index (Phi) is 5.41. The van der Waals surface area contributed by atoms with Gasteiger partial charge in [0.1, 0.15) is 0 Å². The lowest BCUT2D eigenvalue weighted by Gasteiger charge is -2.15. The Morgan fingerprint density at radius 3 is 2.28 bits per heavy atom. The third-order valence-electron chi connectivity index (χ3n) is 4.53. The molecule has 0 aliphatic rings. The van der Waals surface area contributed by atoms with Crippen LogP contribution in [0.1, 0.15) is 15.2 Å². The van der Waals surface area contributed by atoms with Crippen LogP contribution in [0.4, 0.5) is 0 Å². The van der Waals surface area contributed by atoms with Crippen LogP contribution in [-0.4, -0.2) is 14.9 Å². The number of hydrogen-bond acceptors (Lipinski definition) is 4. The first-order valence-electron chi connectivity index (χ1n) is 8.69. The Balaban J connectivity index is 1.87. The first kappa shape index (κ1) is 19.6. The number of rotatable bonds is 5. The van der Waals surface area contributed by atoms with Gasteiger partial charge in [-0.05, 0) is 35.9 Å². The maximum absolute atomic E-state index is 12.9. The number of nitrogens with zero attached hydrogens (tertiary/aromatic N) is 2. The van der Waals surface area contributed by atoms with E-state index in [0.717, 1.165) is 16.9 Å². The molecule has 0 unspecified atom stereocenters. The van der Waals surface area contributed by atoms with E-state index in [2.05, 4.69) is 0 Å². The van der Waals surface area contributed by atoms with Crippen LogP contribution >= 0.6 is 34.5 Å². The third-order valence-corrected chi connectivity index (χ3v) is 6.03. The topological polar surface area (TPSA) is 61.1 Å². The molecular formula is C21H14Cl2N2O3S. The average molecular weight is 445 g/mol. The maximum atomic E-state index is 12.9. The van der Waals surface area contributed by atoms with Crippen LogP contribution in [0.5, 0.6) is 0 Å². The highest BCUT2D eigenvalue weighted by atomic mass is 35.5. The van der Waals surface area contributed by atoms with Gasteiger partial charge in [-0.1, -0.05) is 53.5 Å². The molecule has 2 aromatic carbocycles. The molecule has 2 heterocycles. The van der Waals surface area contributed by atoms with Crippen LogP contribution in [-0.2, 0) is 13.1 Å². The minimum absolute atomic E-state index is 0.238. The molecule has 2 aromatic heterocycles. The fraction of sp³-hybridized carbons (Fsp3) is 0.0952. The molecule has 0 saturated heterocycles. The Morgan fingerprint density at radius 2 is 1.59 bits per heavy atom. The van der Waals surface area contributed by atoms with E-state index in [1.165, 1.54) is 9.13 Å². The van der Waals surface area contributed by atoms with Gasteiger partial charge in [-0.3, -0.25) is 23.5 Å². The predicted molar refractivity (Wildman–Crippen MR) is 117 cm³/mol. The van der Waals surface area contributed by atoms with E-state index in [9.17, 15) is 14.4 Å². The second-order valence-electron chi connectivity index (χ2n) is 6.43. The second kappa shape index (κ2) is 7.99. The van der Waals surface area contributed by atoms with Gasteiger partial charge in [0, 0.05) is 5.02 Å². The summed E-state index contributed by atoms with van der Waals surface area (Å²) in [6, 6.07) is 17.5. The lowest BCUT2D eigenvalue weighted by molar-refractivity contribution is 0.0976. The molecule has 0 aliphatic heterocycles. The Bertz CT molecular complexity index is 1340. The summed E-state index contributed by atoms with van der Waals surface area (Å²) in [6.07, 6.45) is 0. The number of Topliss-reactive ketones (excluding diaryl/α,β-unsaturated/α-hetero) is 1. The number of thiophene rings is 1. The zero-order chi connectivity index (χ0) is 20.5. The van der Waals surface area contributed by atoms with Crippen molar-refractivity contribution in [2.24, 2.45) is 0 Å². The summed E-state index contributed by atoms with van der Waals surface area (Å²) in [5.74, 6) is -0.300. The Hall–Kier alpha value is -2.67. The smallest absolute Gasteiger partial charge is 0.298 e. The van der Waals surface area contributed by atoms with Crippen LogP contribution in [0.3, 0.4) is 0 Å². The lowest BCUT2D eigenvalue weighted by Crippen LogP contribution is -2.42. The minimum Gasteiger partial charge on any atom is -0.298 e. The van der Waals surface area contributed by atoms with Crippen molar-refractivity contribution in [2.75, 3.05) is 0 Å². The van der Waals surface area contributed by atoms with Gasteiger partial charge in [-0.25, -0.2) is 0 Å². The monoisotopic (exact) mass is 444 g/mol. The van der Waals surface area contributed by atoms with Crippen LogP contribution in [0.25, 0.3) is 11.0 Å². The first-order chi connectivity index (χ1) is 13.9. The number of halogens is 2. The molecule has 4 aromatic rings. The molecule has 146 valence electrons. The molecule has 0 N–H and O–H groups in total. The van der Waals surface area contributed by atoms with Crippen molar-refractivity contribution in [3.05, 3.63) is 101 Å². The zero-order valence-corrected chi connectivity index (χ0v) is 17.3. The molecule has 4 rings (SSSR count). The summed E-state index contributed by atoms with van der Waals surface area (Å²) >= 11 is 13.2. The van der Waals surface area contributed by atoms with E-state index >= 15 is 0 Å². The van der Waals surface area contributed by atoms with E-state index in [1.807, 2.05) is 30.3 Å². The number of aromatic nitrogens is 2. The standard InChI is InChI=1S/C21H14Cl2N2O3S/c22-14-6-7-15-16(10-14)25(12-17(26)18-8-9-19(23)29-18)21(28)20(27)24(15)11-13-4-2-1-3-5-13/h1-10H,11-12H2. The summed E-state index contributed by atoms with van der Waals surface area (Å²) in [6.45, 7) is -0.0314. The molecule has 0 fully saturated rings. The van der Waals surface area contributed by atoms with Crippen molar-refractivity contribution in [2.45, 2.75) is 13.1 Å². The number of ketones is 1. The average Bonchev–Trinajstić information content (AvgIpc) is 3.16. The SMILES string of the molecule is O=C(Cn1c(=O)c(=O)n(Cc2ccccc2)c2ccc(Cl)cc21)c1ccc(Cl)s1. The quantitative estimate of drug-likeness (QED) is 0.337. The van der Waals surface area contributed by atoms with Gasteiger partial charge in [-0.15, -0.1) is 11.3 Å². The summed E-state index contributed by atoms with van der Waals surface area (Å²) < 4.78 is 3.07. The summed E-state index contributed by atoms with van der Waals surface area (Å²) in [7, 11) is 0.